The van der Waals surface area contributed by atoms with E-state index in [-0.39, 0.29) is 0 Å². The van der Waals surface area contributed by atoms with Crippen LogP contribution >= 0.6 is 0 Å². The molecular formula is C16H12. The predicted octanol–water partition coefficient (Wildman–Crippen LogP) is 2.81. The molecule has 76 valence electrons. The molecule has 16 heavy (non-hydrogen) atoms. The third-order valence-electron chi connectivity index (χ3n) is 3.15. The minimum Gasteiger partial charge on any atom is -0.0905 e. The lowest BCUT2D eigenvalue weighted by Gasteiger charge is -2.05. The van der Waals surface area contributed by atoms with Crippen molar-refractivity contribution in [3.05, 3.63) is 59.0 Å². The van der Waals surface area contributed by atoms with E-state index in [4.69, 9.17) is 0 Å². The molecule has 3 aromatic carbocycles. The standard InChI is InChI=1S/C16H12/c1-11-13-7-3-5-9-15(13)12(2)16-10-6-4-8-14(11)16/h3-10H,1-2H2. The largest absolute Gasteiger partial charge is 0.0905 e. The summed E-state index contributed by atoms with van der Waals surface area (Å²) in [6.07, 6.45) is 0. The van der Waals surface area contributed by atoms with Crippen LogP contribution in [-0.2, 0) is 0 Å². The summed E-state index contributed by atoms with van der Waals surface area (Å²) in [7, 11) is 0. The molecule has 0 radical (unpaired) electrons. The SMILES string of the molecule is C=c1c2ccccc2c(=C)c2ccccc12. The quantitative estimate of drug-likeness (QED) is 0.494. The Morgan fingerprint density at radius 1 is 0.500 bits per heavy atom. The van der Waals surface area contributed by atoms with Crippen LogP contribution in [0.25, 0.3) is 34.7 Å². The average molecular weight is 204 g/mol. The zero-order valence-electron chi connectivity index (χ0n) is 9.03. The Bertz CT molecular complexity index is 651. The maximum absolute atomic E-state index is 4.19. The summed E-state index contributed by atoms with van der Waals surface area (Å²) in [5, 5.41) is 6.99. The van der Waals surface area contributed by atoms with Crippen molar-refractivity contribution in [2.45, 2.75) is 0 Å². The molecule has 0 saturated carbocycles. The molecule has 0 amide bonds. The molecule has 0 spiro atoms. The van der Waals surface area contributed by atoms with E-state index in [2.05, 4.69) is 37.4 Å². The molecule has 0 N–H and O–H groups in total. The van der Waals surface area contributed by atoms with Crippen molar-refractivity contribution >= 4 is 34.7 Å². The average Bonchev–Trinajstić information content (AvgIpc) is 2.36. The van der Waals surface area contributed by atoms with Crippen LogP contribution in [-0.4, -0.2) is 0 Å². The van der Waals surface area contributed by atoms with Crippen LogP contribution in [0.3, 0.4) is 0 Å². The molecule has 0 aliphatic heterocycles. The van der Waals surface area contributed by atoms with Gasteiger partial charge in [0.05, 0.1) is 0 Å². The van der Waals surface area contributed by atoms with Gasteiger partial charge in [0.25, 0.3) is 0 Å². The van der Waals surface area contributed by atoms with Crippen LogP contribution in [0.1, 0.15) is 0 Å². The molecule has 0 saturated heterocycles. The maximum atomic E-state index is 4.19. The normalized spacial score (nSPS) is 11.0. The monoisotopic (exact) mass is 204 g/mol. The lowest BCUT2D eigenvalue weighted by atomic mass is 9.99. The van der Waals surface area contributed by atoms with Crippen molar-refractivity contribution in [2.75, 3.05) is 0 Å². The minimum absolute atomic E-state index is 1.10. The second-order valence-electron chi connectivity index (χ2n) is 4.05. The Balaban J connectivity index is 2.79. The van der Waals surface area contributed by atoms with Crippen molar-refractivity contribution in [1.82, 2.24) is 0 Å². The van der Waals surface area contributed by atoms with Crippen molar-refractivity contribution < 1.29 is 0 Å². The first-order chi connectivity index (χ1) is 7.79. The zero-order chi connectivity index (χ0) is 11.1. The number of benzene rings is 3. The number of rotatable bonds is 0. The zero-order valence-corrected chi connectivity index (χ0v) is 9.03. The summed E-state index contributed by atoms with van der Waals surface area (Å²) in [4.78, 5) is 0. The molecule has 0 heterocycles. The van der Waals surface area contributed by atoms with Gasteiger partial charge in [-0.2, -0.15) is 0 Å². The van der Waals surface area contributed by atoms with Gasteiger partial charge >= 0.3 is 0 Å². The first kappa shape index (κ1) is 9.17. The van der Waals surface area contributed by atoms with Gasteiger partial charge in [0, 0.05) is 0 Å². The fourth-order valence-corrected chi connectivity index (χ4v) is 2.31. The van der Waals surface area contributed by atoms with Crippen molar-refractivity contribution in [1.29, 1.82) is 0 Å². The van der Waals surface area contributed by atoms with Gasteiger partial charge in [-0.25, -0.2) is 0 Å². The fourth-order valence-electron chi connectivity index (χ4n) is 2.31. The summed E-state index contributed by atoms with van der Waals surface area (Å²) < 4.78 is 0. The van der Waals surface area contributed by atoms with Crippen molar-refractivity contribution in [3.63, 3.8) is 0 Å². The van der Waals surface area contributed by atoms with E-state index in [1.54, 1.807) is 0 Å². The van der Waals surface area contributed by atoms with Gasteiger partial charge in [-0.05, 0) is 32.0 Å². The molecule has 0 nitrogen and oxygen atoms in total. The lowest BCUT2D eigenvalue weighted by molar-refractivity contribution is 1.69. The second-order valence-corrected chi connectivity index (χ2v) is 4.05. The summed E-state index contributed by atoms with van der Waals surface area (Å²) in [6, 6.07) is 16.6. The molecule has 0 aromatic heterocycles. The van der Waals surface area contributed by atoms with E-state index in [1.165, 1.54) is 21.5 Å². The van der Waals surface area contributed by atoms with E-state index < -0.39 is 0 Å². The van der Waals surface area contributed by atoms with E-state index in [0.29, 0.717) is 0 Å². The van der Waals surface area contributed by atoms with Gasteiger partial charge in [-0.15, -0.1) is 0 Å². The number of hydrogen-bond acceptors (Lipinski definition) is 0. The number of hydrogen-bond donors (Lipinski definition) is 0. The summed E-state index contributed by atoms with van der Waals surface area (Å²) in [5.41, 5.74) is 0. The highest BCUT2D eigenvalue weighted by Gasteiger charge is 2.01. The first-order valence-electron chi connectivity index (χ1n) is 5.36. The summed E-state index contributed by atoms with van der Waals surface area (Å²) >= 11 is 0. The molecule has 0 aliphatic rings. The van der Waals surface area contributed by atoms with Crippen molar-refractivity contribution in [2.24, 2.45) is 0 Å². The van der Waals surface area contributed by atoms with Crippen molar-refractivity contribution in [3.8, 4) is 0 Å². The maximum Gasteiger partial charge on any atom is -0.0105 e. The van der Waals surface area contributed by atoms with Gasteiger partial charge in [0.1, 0.15) is 0 Å². The summed E-state index contributed by atoms with van der Waals surface area (Å²) in [5.74, 6) is 0. The molecule has 0 fully saturated rings. The Morgan fingerprint density at radius 2 is 0.750 bits per heavy atom. The van der Waals surface area contributed by atoms with Crippen LogP contribution in [0.2, 0.25) is 0 Å². The predicted molar refractivity (Wildman–Crippen MR) is 71.7 cm³/mol. The van der Waals surface area contributed by atoms with Crippen LogP contribution < -0.4 is 10.4 Å². The highest BCUT2D eigenvalue weighted by Crippen LogP contribution is 2.12. The van der Waals surface area contributed by atoms with E-state index in [1.807, 2.05) is 24.3 Å². The Hall–Kier alpha value is -2.08. The van der Waals surface area contributed by atoms with E-state index >= 15 is 0 Å². The fraction of sp³-hybridized carbons (Fsp3) is 0. The molecule has 3 rings (SSSR count). The Labute approximate surface area is 94.1 Å². The molecule has 3 aromatic rings. The topological polar surface area (TPSA) is 0 Å². The van der Waals surface area contributed by atoms with Gasteiger partial charge < -0.3 is 0 Å². The van der Waals surface area contributed by atoms with Gasteiger partial charge in [-0.1, -0.05) is 61.7 Å². The molecule has 0 atom stereocenters. The highest BCUT2D eigenvalue weighted by molar-refractivity contribution is 5.99. The smallest absolute Gasteiger partial charge is 0.0105 e. The van der Waals surface area contributed by atoms with Crippen LogP contribution in [0.15, 0.2) is 48.5 Å². The van der Waals surface area contributed by atoms with Gasteiger partial charge in [0.2, 0.25) is 0 Å². The van der Waals surface area contributed by atoms with Crippen LogP contribution in [0.5, 0.6) is 0 Å². The van der Waals surface area contributed by atoms with E-state index in [0.717, 1.165) is 10.4 Å². The first-order valence-corrected chi connectivity index (χ1v) is 5.36. The van der Waals surface area contributed by atoms with Crippen LogP contribution in [0, 0.1) is 0 Å². The molecule has 0 heteroatoms. The van der Waals surface area contributed by atoms with Gasteiger partial charge in [-0.3, -0.25) is 0 Å². The Morgan fingerprint density at radius 3 is 1.00 bits per heavy atom. The third-order valence-corrected chi connectivity index (χ3v) is 3.15. The second kappa shape index (κ2) is 3.21. The third kappa shape index (κ3) is 1.10. The number of fused-ring (bicyclic) bond motifs is 2. The molecular weight excluding hydrogens is 192 g/mol. The molecule has 0 aliphatic carbocycles. The lowest BCUT2D eigenvalue weighted by Crippen LogP contribution is -2.11. The minimum atomic E-state index is 1.10. The molecule has 0 unspecified atom stereocenters. The van der Waals surface area contributed by atoms with Crippen LogP contribution in [0.4, 0.5) is 0 Å². The highest BCUT2D eigenvalue weighted by atomic mass is 14.0. The Kier molecular flexibility index (Phi) is 1.84. The molecule has 0 bridgehead atoms. The van der Waals surface area contributed by atoms with Gasteiger partial charge in [0.15, 0.2) is 0 Å². The van der Waals surface area contributed by atoms with E-state index in [9.17, 15) is 0 Å². The summed E-state index contributed by atoms with van der Waals surface area (Å²) in [6.45, 7) is 8.38.